The van der Waals surface area contributed by atoms with Crippen molar-refractivity contribution >= 4 is 0 Å². The van der Waals surface area contributed by atoms with Crippen molar-refractivity contribution in [2.45, 2.75) is 56.8 Å². The molecule has 82 valence electrons. The summed E-state index contributed by atoms with van der Waals surface area (Å²) >= 11 is 0. The predicted molar refractivity (Wildman–Crippen MR) is 55.2 cm³/mol. The highest BCUT2D eigenvalue weighted by Gasteiger charge is 2.24. The van der Waals surface area contributed by atoms with Crippen LogP contribution in [-0.4, -0.2) is 36.5 Å². The maximum absolute atomic E-state index is 9.74. The van der Waals surface area contributed by atoms with E-state index in [1.165, 1.54) is 25.7 Å². The Morgan fingerprint density at radius 3 is 2.71 bits per heavy atom. The molecule has 0 aromatic carbocycles. The molecule has 1 aliphatic heterocycles. The highest BCUT2D eigenvalue weighted by atomic mass is 16.5. The summed E-state index contributed by atoms with van der Waals surface area (Å²) in [5.74, 6) is 0. The minimum Gasteiger partial charge on any atom is -0.392 e. The van der Waals surface area contributed by atoms with E-state index in [0.29, 0.717) is 12.1 Å². The van der Waals surface area contributed by atoms with Gasteiger partial charge in [0.1, 0.15) is 0 Å². The summed E-state index contributed by atoms with van der Waals surface area (Å²) in [5.41, 5.74) is 0. The van der Waals surface area contributed by atoms with Crippen LogP contribution in [0, 0.1) is 0 Å². The van der Waals surface area contributed by atoms with E-state index in [9.17, 15) is 5.11 Å². The maximum atomic E-state index is 9.74. The van der Waals surface area contributed by atoms with E-state index < -0.39 is 0 Å². The van der Waals surface area contributed by atoms with Gasteiger partial charge >= 0.3 is 0 Å². The fourth-order valence-corrected chi connectivity index (χ4v) is 2.44. The van der Waals surface area contributed by atoms with Gasteiger partial charge in [0.25, 0.3) is 0 Å². The molecule has 0 spiro atoms. The van der Waals surface area contributed by atoms with E-state index in [2.05, 4.69) is 5.32 Å². The molecule has 14 heavy (non-hydrogen) atoms. The fourth-order valence-electron chi connectivity index (χ4n) is 2.44. The largest absolute Gasteiger partial charge is 0.392 e. The number of ether oxygens (including phenoxy) is 1. The molecule has 3 atom stereocenters. The second-order valence-corrected chi connectivity index (χ2v) is 4.50. The second kappa shape index (κ2) is 5.10. The average Bonchev–Trinajstić information content (AvgIpc) is 2.69. The Kier molecular flexibility index (Phi) is 3.79. The minimum absolute atomic E-state index is 0.134. The van der Waals surface area contributed by atoms with E-state index in [1.54, 1.807) is 0 Å². The zero-order valence-electron chi connectivity index (χ0n) is 8.74. The molecule has 0 aromatic rings. The summed E-state index contributed by atoms with van der Waals surface area (Å²) in [6, 6.07) is 0.313. The lowest BCUT2D eigenvalue weighted by Gasteiger charge is -2.29. The Hall–Kier alpha value is -0.120. The van der Waals surface area contributed by atoms with Gasteiger partial charge in [-0.15, -0.1) is 0 Å². The standard InChI is InChI=1S/C11H21NO2/c13-11-6-2-1-5-10(11)12-8-9-4-3-7-14-9/h9-13H,1-8H2/t9-,10-,11+/m0/s1. The number of aliphatic hydroxyl groups excluding tert-OH is 1. The summed E-state index contributed by atoms with van der Waals surface area (Å²) in [6.45, 7) is 1.83. The molecule has 2 aliphatic rings. The zero-order chi connectivity index (χ0) is 9.80. The number of hydrogen-bond acceptors (Lipinski definition) is 3. The molecule has 1 saturated carbocycles. The van der Waals surface area contributed by atoms with Crippen LogP contribution in [0.5, 0.6) is 0 Å². The Labute approximate surface area is 85.8 Å². The van der Waals surface area contributed by atoms with Crippen molar-refractivity contribution in [3.05, 3.63) is 0 Å². The Balaban J connectivity index is 1.67. The molecule has 0 radical (unpaired) electrons. The molecule has 0 bridgehead atoms. The molecule has 0 unspecified atom stereocenters. The van der Waals surface area contributed by atoms with E-state index in [4.69, 9.17) is 4.74 Å². The summed E-state index contributed by atoms with van der Waals surface area (Å²) < 4.78 is 5.54. The van der Waals surface area contributed by atoms with Gasteiger partial charge in [-0.2, -0.15) is 0 Å². The first-order chi connectivity index (χ1) is 6.86. The second-order valence-electron chi connectivity index (χ2n) is 4.50. The SMILES string of the molecule is O[C@@H]1CCCC[C@@H]1NC[C@@H]1CCCO1. The molecule has 2 fully saturated rings. The Morgan fingerprint density at radius 1 is 1.14 bits per heavy atom. The fraction of sp³-hybridized carbons (Fsp3) is 1.00. The van der Waals surface area contributed by atoms with Gasteiger partial charge in [0.15, 0.2) is 0 Å². The number of rotatable bonds is 3. The first-order valence-electron chi connectivity index (χ1n) is 5.89. The maximum Gasteiger partial charge on any atom is 0.0700 e. The molecule has 0 aromatic heterocycles. The van der Waals surface area contributed by atoms with Gasteiger partial charge in [0, 0.05) is 19.2 Å². The van der Waals surface area contributed by atoms with E-state index in [0.717, 1.165) is 26.0 Å². The molecule has 2 N–H and O–H groups in total. The first-order valence-corrected chi connectivity index (χ1v) is 5.89. The molecule has 1 aliphatic carbocycles. The summed E-state index contributed by atoms with van der Waals surface area (Å²) in [5, 5.41) is 13.2. The molecular weight excluding hydrogens is 178 g/mol. The van der Waals surface area contributed by atoms with E-state index >= 15 is 0 Å². The molecule has 3 nitrogen and oxygen atoms in total. The number of aliphatic hydroxyl groups is 1. The van der Waals surface area contributed by atoms with Crippen LogP contribution in [0.1, 0.15) is 38.5 Å². The third kappa shape index (κ3) is 2.69. The summed E-state index contributed by atoms with van der Waals surface area (Å²) in [7, 11) is 0. The predicted octanol–water partition coefficient (Wildman–Crippen LogP) is 1.06. The van der Waals surface area contributed by atoms with Gasteiger partial charge in [0.05, 0.1) is 12.2 Å². The average molecular weight is 199 g/mol. The summed E-state index contributed by atoms with van der Waals surface area (Å²) in [4.78, 5) is 0. The molecular formula is C11H21NO2. The van der Waals surface area contributed by atoms with Crippen LogP contribution in [0.25, 0.3) is 0 Å². The lowest BCUT2D eigenvalue weighted by molar-refractivity contribution is 0.0696. The zero-order valence-corrected chi connectivity index (χ0v) is 8.74. The third-order valence-corrected chi connectivity index (χ3v) is 3.36. The molecule has 2 rings (SSSR count). The van der Waals surface area contributed by atoms with Crippen molar-refractivity contribution in [3.8, 4) is 0 Å². The highest BCUT2D eigenvalue weighted by Crippen LogP contribution is 2.19. The van der Waals surface area contributed by atoms with Crippen molar-refractivity contribution < 1.29 is 9.84 Å². The monoisotopic (exact) mass is 199 g/mol. The number of nitrogens with one attached hydrogen (secondary N) is 1. The van der Waals surface area contributed by atoms with Crippen LogP contribution in [0.15, 0.2) is 0 Å². The topological polar surface area (TPSA) is 41.5 Å². The van der Waals surface area contributed by atoms with Crippen molar-refractivity contribution in [3.63, 3.8) is 0 Å². The quantitative estimate of drug-likeness (QED) is 0.714. The number of hydrogen-bond donors (Lipinski definition) is 2. The van der Waals surface area contributed by atoms with Crippen LogP contribution in [0.3, 0.4) is 0 Å². The van der Waals surface area contributed by atoms with Gasteiger partial charge in [-0.1, -0.05) is 12.8 Å². The normalized spacial score (nSPS) is 38.8. The van der Waals surface area contributed by atoms with Gasteiger partial charge < -0.3 is 15.2 Å². The Bertz CT molecular complexity index is 169. The highest BCUT2D eigenvalue weighted by molar-refractivity contribution is 4.81. The minimum atomic E-state index is -0.134. The van der Waals surface area contributed by atoms with Gasteiger partial charge in [-0.25, -0.2) is 0 Å². The third-order valence-electron chi connectivity index (χ3n) is 3.36. The lowest BCUT2D eigenvalue weighted by Crippen LogP contribution is -2.44. The lowest BCUT2D eigenvalue weighted by atomic mass is 9.92. The van der Waals surface area contributed by atoms with Crippen molar-refractivity contribution in [2.75, 3.05) is 13.2 Å². The first kappa shape index (κ1) is 10.4. The van der Waals surface area contributed by atoms with Crippen molar-refractivity contribution in [2.24, 2.45) is 0 Å². The molecule has 3 heteroatoms. The molecule has 1 saturated heterocycles. The van der Waals surface area contributed by atoms with Crippen molar-refractivity contribution in [1.29, 1.82) is 0 Å². The van der Waals surface area contributed by atoms with Crippen LogP contribution in [0.4, 0.5) is 0 Å². The van der Waals surface area contributed by atoms with Gasteiger partial charge in [-0.05, 0) is 25.7 Å². The Morgan fingerprint density at radius 2 is 2.00 bits per heavy atom. The van der Waals surface area contributed by atoms with Crippen LogP contribution >= 0.6 is 0 Å². The van der Waals surface area contributed by atoms with Crippen LogP contribution in [-0.2, 0) is 4.74 Å². The van der Waals surface area contributed by atoms with E-state index in [1.807, 2.05) is 0 Å². The summed E-state index contributed by atoms with van der Waals surface area (Å²) in [6.07, 6.45) is 7.14. The molecule has 1 heterocycles. The molecule has 0 amide bonds. The van der Waals surface area contributed by atoms with Gasteiger partial charge in [-0.3, -0.25) is 0 Å². The van der Waals surface area contributed by atoms with E-state index in [-0.39, 0.29) is 6.10 Å². The smallest absolute Gasteiger partial charge is 0.0700 e. The van der Waals surface area contributed by atoms with Gasteiger partial charge in [0.2, 0.25) is 0 Å². The van der Waals surface area contributed by atoms with Crippen LogP contribution in [0.2, 0.25) is 0 Å². The van der Waals surface area contributed by atoms with Crippen LogP contribution < -0.4 is 5.32 Å². The van der Waals surface area contributed by atoms with Crippen molar-refractivity contribution in [1.82, 2.24) is 5.32 Å².